The van der Waals surface area contributed by atoms with Crippen LogP contribution >= 0.6 is 0 Å². The quantitative estimate of drug-likeness (QED) is 0.474. The molecule has 0 aliphatic carbocycles. The summed E-state index contributed by atoms with van der Waals surface area (Å²) in [5.41, 5.74) is 2.09. The highest BCUT2D eigenvalue weighted by Crippen LogP contribution is 2.28. The predicted octanol–water partition coefficient (Wildman–Crippen LogP) is 2.37. The van der Waals surface area contributed by atoms with E-state index in [2.05, 4.69) is 10.2 Å². The average Bonchev–Trinajstić information content (AvgIpc) is 2.95. The third-order valence-corrected chi connectivity index (χ3v) is 6.23. The third-order valence-electron chi connectivity index (χ3n) is 6.23. The van der Waals surface area contributed by atoms with Gasteiger partial charge in [0.1, 0.15) is 11.8 Å². The van der Waals surface area contributed by atoms with Crippen LogP contribution in [0.1, 0.15) is 26.3 Å². The number of hydrogen-bond acceptors (Lipinski definition) is 6. The smallest absolute Gasteiger partial charge is 0.252 e. The molecule has 0 unspecified atom stereocenters. The maximum Gasteiger partial charge on any atom is 0.252 e. The molecule has 1 aliphatic heterocycles. The first-order valence-electron chi connectivity index (χ1n) is 11.8. The van der Waals surface area contributed by atoms with E-state index in [1.54, 1.807) is 54.5 Å². The summed E-state index contributed by atoms with van der Waals surface area (Å²) in [5.74, 6) is -0.307. The van der Waals surface area contributed by atoms with Gasteiger partial charge in [-0.15, -0.1) is 0 Å². The standard InChI is InChI=1S/C28H29N3O5/c1-36-25-13-6-5-12-24(25)30-14-16-31(17-15-30)28(35)23(19-32)29-27(34)22-11-7-10-21(18-22)26(33)20-8-3-2-4-9-20/h2-13,18,23,32H,14-17,19H2,1H3,(H,29,34)/t23-/m0/s1. The summed E-state index contributed by atoms with van der Waals surface area (Å²) < 4.78 is 5.44. The molecular formula is C28H29N3O5. The molecule has 0 spiro atoms. The molecule has 0 bridgehead atoms. The van der Waals surface area contributed by atoms with E-state index in [-0.39, 0.29) is 17.3 Å². The van der Waals surface area contributed by atoms with Gasteiger partial charge in [0.25, 0.3) is 5.91 Å². The van der Waals surface area contributed by atoms with Crippen molar-refractivity contribution in [1.29, 1.82) is 0 Å². The zero-order valence-electron chi connectivity index (χ0n) is 20.1. The molecule has 1 heterocycles. The highest BCUT2D eigenvalue weighted by molar-refractivity contribution is 6.10. The number of aliphatic hydroxyl groups excluding tert-OH is 1. The predicted molar refractivity (Wildman–Crippen MR) is 136 cm³/mol. The van der Waals surface area contributed by atoms with Crippen molar-refractivity contribution < 1.29 is 24.2 Å². The summed E-state index contributed by atoms with van der Waals surface area (Å²) in [6, 6.07) is 21.8. The number of nitrogens with zero attached hydrogens (tertiary/aromatic N) is 2. The molecule has 0 saturated carbocycles. The SMILES string of the molecule is COc1ccccc1N1CCN(C(=O)[C@H](CO)NC(=O)c2cccc(C(=O)c3ccccc3)c2)CC1. The lowest BCUT2D eigenvalue weighted by atomic mass is 10.0. The number of anilines is 1. The topological polar surface area (TPSA) is 99.2 Å². The number of carbonyl (C=O) groups is 3. The van der Waals surface area contributed by atoms with Crippen molar-refractivity contribution in [2.75, 3.05) is 44.8 Å². The highest BCUT2D eigenvalue weighted by atomic mass is 16.5. The molecule has 1 atom stereocenters. The molecule has 2 N–H and O–H groups in total. The van der Waals surface area contributed by atoms with Crippen LogP contribution in [-0.4, -0.2) is 73.5 Å². The second-order valence-electron chi connectivity index (χ2n) is 8.47. The van der Waals surface area contributed by atoms with E-state index in [1.807, 2.05) is 30.3 Å². The van der Waals surface area contributed by atoms with E-state index >= 15 is 0 Å². The van der Waals surface area contributed by atoms with Gasteiger partial charge in [-0.3, -0.25) is 14.4 Å². The molecule has 186 valence electrons. The third kappa shape index (κ3) is 5.55. The number of para-hydroxylation sites is 2. The van der Waals surface area contributed by atoms with Gasteiger partial charge in [0.2, 0.25) is 5.91 Å². The van der Waals surface area contributed by atoms with Gasteiger partial charge in [0, 0.05) is 42.9 Å². The lowest BCUT2D eigenvalue weighted by Gasteiger charge is -2.37. The molecular weight excluding hydrogens is 458 g/mol. The monoisotopic (exact) mass is 487 g/mol. The lowest BCUT2D eigenvalue weighted by Crippen LogP contribution is -2.56. The van der Waals surface area contributed by atoms with Crippen molar-refractivity contribution in [3.8, 4) is 5.75 Å². The Morgan fingerprint density at radius 3 is 2.19 bits per heavy atom. The van der Waals surface area contributed by atoms with Crippen LogP contribution in [0.3, 0.4) is 0 Å². The van der Waals surface area contributed by atoms with Crippen molar-refractivity contribution in [3.05, 3.63) is 95.6 Å². The molecule has 36 heavy (non-hydrogen) atoms. The Morgan fingerprint density at radius 1 is 0.861 bits per heavy atom. The molecule has 1 fully saturated rings. The first kappa shape index (κ1) is 24.9. The second kappa shape index (κ2) is 11.5. The van der Waals surface area contributed by atoms with E-state index in [4.69, 9.17) is 4.74 Å². The van der Waals surface area contributed by atoms with E-state index < -0.39 is 18.6 Å². The van der Waals surface area contributed by atoms with Crippen LogP contribution in [0.5, 0.6) is 5.75 Å². The van der Waals surface area contributed by atoms with Crippen molar-refractivity contribution in [2.45, 2.75) is 6.04 Å². The van der Waals surface area contributed by atoms with Crippen LogP contribution in [0.4, 0.5) is 5.69 Å². The Labute approximate surface area is 210 Å². The molecule has 2 amide bonds. The Hall–Kier alpha value is -4.17. The molecule has 1 aliphatic rings. The summed E-state index contributed by atoms with van der Waals surface area (Å²) in [7, 11) is 1.63. The molecule has 0 radical (unpaired) electrons. The molecule has 3 aromatic rings. The van der Waals surface area contributed by atoms with Gasteiger partial charge in [-0.25, -0.2) is 0 Å². The number of carbonyl (C=O) groups excluding carboxylic acids is 3. The summed E-state index contributed by atoms with van der Waals surface area (Å²) in [4.78, 5) is 42.5. The molecule has 8 nitrogen and oxygen atoms in total. The fraction of sp³-hybridized carbons (Fsp3) is 0.250. The summed E-state index contributed by atoms with van der Waals surface area (Å²) >= 11 is 0. The molecule has 3 aromatic carbocycles. The van der Waals surface area contributed by atoms with Gasteiger partial charge < -0.3 is 25.0 Å². The molecule has 8 heteroatoms. The first-order chi connectivity index (χ1) is 17.5. The van der Waals surface area contributed by atoms with Gasteiger partial charge >= 0.3 is 0 Å². The van der Waals surface area contributed by atoms with Crippen molar-refractivity contribution in [1.82, 2.24) is 10.2 Å². The maximum absolute atomic E-state index is 13.1. The van der Waals surface area contributed by atoms with Crippen LogP contribution in [0, 0.1) is 0 Å². The lowest BCUT2D eigenvalue weighted by molar-refractivity contribution is -0.134. The molecule has 4 rings (SSSR count). The number of hydrogen-bond donors (Lipinski definition) is 2. The first-order valence-corrected chi connectivity index (χ1v) is 11.8. The van der Waals surface area contributed by atoms with Crippen molar-refractivity contribution >= 4 is 23.3 Å². The summed E-state index contributed by atoms with van der Waals surface area (Å²) in [6.07, 6.45) is 0. The van der Waals surface area contributed by atoms with Crippen LogP contribution in [-0.2, 0) is 4.79 Å². The minimum absolute atomic E-state index is 0.201. The normalized spacial score (nSPS) is 14.2. The molecule has 0 aromatic heterocycles. The Balaban J connectivity index is 1.38. The summed E-state index contributed by atoms with van der Waals surface area (Å²) in [6.45, 7) is 1.57. The number of aliphatic hydroxyl groups is 1. The van der Waals surface area contributed by atoms with Crippen molar-refractivity contribution in [3.63, 3.8) is 0 Å². The second-order valence-corrected chi connectivity index (χ2v) is 8.47. The Bertz CT molecular complexity index is 1220. The van der Waals surface area contributed by atoms with E-state index in [9.17, 15) is 19.5 Å². The number of ether oxygens (including phenoxy) is 1. The van der Waals surface area contributed by atoms with Crippen LogP contribution in [0.25, 0.3) is 0 Å². The van der Waals surface area contributed by atoms with Gasteiger partial charge in [-0.2, -0.15) is 0 Å². The number of methoxy groups -OCH3 is 1. The van der Waals surface area contributed by atoms with Crippen LogP contribution in [0.15, 0.2) is 78.9 Å². The number of piperazine rings is 1. The highest BCUT2D eigenvalue weighted by Gasteiger charge is 2.29. The van der Waals surface area contributed by atoms with Gasteiger partial charge in [-0.1, -0.05) is 54.6 Å². The number of benzene rings is 3. The van der Waals surface area contributed by atoms with E-state index in [1.165, 1.54) is 6.07 Å². The average molecular weight is 488 g/mol. The summed E-state index contributed by atoms with van der Waals surface area (Å²) in [5, 5.41) is 12.5. The number of nitrogens with one attached hydrogen (secondary N) is 1. The Morgan fingerprint density at radius 2 is 1.50 bits per heavy atom. The minimum Gasteiger partial charge on any atom is -0.495 e. The Kier molecular flexibility index (Phi) is 7.97. The zero-order valence-corrected chi connectivity index (χ0v) is 20.1. The van der Waals surface area contributed by atoms with E-state index in [0.29, 0.717) is 37.3 Å². The van der Waals surface area contributed by atoms with Gasteiger partial charge in [0.15, 0.2) is 5.78 Å². The van der Waals surface area contributed by atoms with E-state index in [0.717, 1.165) is 11.4 Å². The minimum atomic E-state index is -1.08. The van der Waals surface area contributed by atoms with Gasteiger partial charge in [-0.05, 0) is 24.3 Å². The largest absolute Gasteiger partial charge is 0.495 e. The van der Waals surface area contributed by atoms with Crippen molar-refractivity contribution in [2.24, 2.45) is 0 Å². The number of amides is 2. The van der Waals surface area contributed by atoms with Gasteiger partial charge in [0.05, 0.1) is 19.4 Å². The fourth-order valence-corrected chi connectivity index (χ4v) is 4.26. The number of ketones is 1. The van der Waals surface area contributed by atoms with Crippen LogP contribution < -0.4 is 15.0 Å². The zero-order chi connectivity index (χ0) is 25.5. The fourth-order valence-electron chi connectivity index (χ4n) is 4.26. The molecule has 1 saturated heterocycles. The van der Waals surface area contributed by atoms with Crippen LogP contribution in [0.2, 0.25) is 0 Å². The number of rotatable bonds is 8. The maximum atomic E-state index is 13.1.